The number of piperazine rings is 2. The lowest BCUT2D eigenvalue weighted by atomic mass is 10.1. The fourth-order valence-electron chi connectivity index (χ4n) is 9.55. The first kappa shape index (κ1) is 43.5. The zero-order valence-corrected chi connectivity index (χ0v) is 37.1. The van der Waals surface area contributed by atoms with Gasteiger partial charge in [0.1, 0.15) is 0 Å². The number of rotatable bonds is 8. The molecule has 2 unspecified atom stereocenters. The van der Waals surface area contributed by atoms with E-state index in [1.54, 1.807) is 9.13 Å². The molecule has 15 nitrogen and oxygen atoms in total. The quantitative estimate of drug-likeness (QED) is 0.204. The smallest absolute Gasteiger partial charge is 0.331 e. The first-order valence-corrected chi connectivity index (χ1v) is 22.2. The minimum atomic E-state index is -0.00507. The summed E-state index contributed by atoms with van der Waals surface area (Å²) in [6.07, 6.45) is 2.01. The van der Waals surface area contributed by atoms with Crippen LogP contribution in [0.15, 0.2) is 109 Å². The summed E-state index contributed by atoms with van der Waals surface area (Å²) in [7, 11) is 7.93. The number of likely N-dealkylation sites (N-methyl/N-ethyl adjacent to an activating group) is 4. The fourth-order valence-corrected chi connectivity index (χ4v) is 9.55. The molecule has 2 saturated heterocycles. The molecule has 2 aromatic heterocycles. The highest BCUT2D eigenvalue weighted by Gasteiger charge is 2.34. The second kappa shape index (κ2) is 19.1. The van der Waals surface area contributed by atoms with Gasteiger partial charge in [-0.2, -0.15) is 0 Å². The normalized spacial score (nSPS) is 19.9. The number of benzene rings is 4. The Kier molecular flexibility index (Phi) is 13.2. The number of imidazole rings is 2. The first-order chi connectivity index (χ1) is 30.2. The van der Waals surface area contributed by atoms with Crippen molar-refractivity contribution in [2.24, 2.45) is 0 Å². The molecule has 332 valence electrons. The van der Waals surface area contributed by atoms with E-state index in [9.17, 15) is 9.59 Å². The highest BCUT2D eigenvalue weighted by atomic mass is 16.2. The molecule has 2 N–H and O–H groups in total. The van der Waals surface area contributed by atoms with Crippen molar-refractivity contribution in [2.75, 3.05) is 126 Å². The molecular formula is C48H62N12O3. The SMILES string of the molecule is CN1CC(CCN2CCN(c3ccccc3)CC2)N(C)c2nc3ccccc3n2C1=O.CN1CC(CCN2CCN(c3ccccc3)CC2)N(C)c2nc3ccccc3n2C1=O.O. The summed E-state index contributed by atoms with van der Waals surface area (Å²) in [5.74, 6) is 1.49. The lowest BCUT2D eigenvalue weighted by Gasteiger charge is -2.37. The maximum atomic E-state index is 13.1. The Bertz CT molecular complexity index is 2290. The summed E-state index contributed by atoms with van der Waals surface area (Å²) in [5, 5.41) is 0. The predicted molar refractivity (Wildman–Crippen MR) is 254 cm³/mol. The molecular weight excluding hydrogens is 793 g/mol. The van der Waals surface area contributed by atoms with E-state index in [-0.39, 0.29) is 29.6 Å². The Morgan fingerprint density at radius 2 is 0.825 bits per heavy atom. The third kappa shape index (κ3) is 9.04. The fraction of sp³-hybridized carbons (Fsp3) is 0.417. The zero-order chi connectivity index (χ0) is 42.7. The van der Waals surface area contributed by atoms with Crippen molar-refractivity contribution in [3.05, 3.63) is 109 Å². The number of anilines is 4. The Morgan fingerprint density at radius 1 is 0.476 bits per heavy atom. The number of amides is 2. The van der Waals surface area contributed by atoms with Gasteiger partial charge in [0.15, 0.2) is 0 Å². The van der Waals surface area contributed by atoms with Gasteiger partial charge in [0.25, 0.3) is 0 Å². The van der Waals surface area contributed by atoms with Gasteiger partial charge in [-0.1, -0.05) is 60.7 Å². The van der Waals surface area contributed by atoms with Gasteiger partial charge in [0, 0.05) is 118 Å². The summed E-state index contributed by atoms with van der Waals surface area (Å²) < 4.78 is 3.52. The number of carbonyl (C=O) groups excluding carboxylic acids is 2. The molecule has 0 radical (unpaired) electrons. The first-order valence-electron chi connectivity index (χ1n) is 22.2. The van der Waals surface area contributed by atoms with Gasteiger partial charge in [0.2, 0.25) is 11.9 Å². The summed E-state index contributed by atoms with van der Waals surface area (Å²) in [6.45, 7) is 12.0. The van der Waals surface area contributed by atoms with Crippen molar-refractivity contribution >= 4 is 57.4 Å². The lowest BCUT2D eigenvalue weighted by Crippen LogP contribution is -2.48. The van der Waals surface area contributed by atoms with E-state index in [4.69, 9.17) is 9.97 Å². The van der Waals surface area contributed by atoms with Crippen molar-refractivity contribution in [2.45, 2.75) is 24.9 Å². The van der Waals surface area contributed by atoms with Crippen LogP contribution in [0.4, 0.5) is 32.9 Å². The van der Waals surface area contributed by atoms with E-state index in [1.807, 2.05) is 72.4 Å². The van der Waals surface area contributed by atoms with E-state index in [1.165, 1.54) is 11.4 Å². The van der Waals surface area contributed by atoms with E-state index in [0.29, 0.717) is 13.1 Å². The van der Waals surface area contributed by atoms with Crippen molar-refractivity contribution < 1.29 is 15.1 Å². The third-order valence-corrected chi connectivity index (χ3v) is 13.4. The monoisotopic (exact) mass is 855 g/mol. The third-order valence-electron chi connectivity index (χ3n) is 13.4. The molecule has 2 amide bonds. The van der Waals surface area contributed by atoms with Crippen LogP contribution in [-0.4, -0.2) is 175 Å². The number of hydrogen-bond acceptors (Lipinski definition) is 10. The molecule has 15 heteroatoms. The molecule has 4 aromatic carbocycles. The van der Waals surface area contributed by atoms with E-state index < -0.39 is 0 Å². The van der Waals surface area contributed by atoms with Crippen molar-refractivity contribution in [3.8, 4) is 0 Å². The van der Waals surface area contributed by atoms with Gasteiger partial charge in [-0.15, -0.1) is 0 Å². The van der Waals surface area contributed by atoms with Crippen LogP contribution in [0.1, 0.15) is 12.8 Å². The van der Waals surface area contributed by atoms with Gasteiger partial charge >= 0.3 is 12.1 Å². The predicted octanol–water partition coefficient (Wildman–Crippen LogP) is 5.11. The molecule has 6 aromatic rings. The summed E-state index contributed by atoms with van der Waals surface area (Å²) in [4.78, 5) is 53.8. The maximum Gasteiger partial charge on any atom is 0.331 e. The molecule has 4 aliphatic rings. The van der Waals surface area contributed by atoms with Crippen molar-refractivity contribution in [3.63, 3.8) is 0 Å². The number of hydrogen-bond donors (Lipinski definition) is 0. The van der Waals surface area contributed by atoms with Gasteiger partial charge in [-0.3, -0.25) is 9.80 Å². The van der Waals surface area contributed by atoms with Gasteiger partial charge in [-0.05, 0) is 61.4 Å². The highest BCUT2D eigenvalue weighted by molar-refractivity contribution is 5.94. The second-order valence-electron chi connectivity index (χ2n) is 17.2. The van der Waals surface area contributed by atoms with E-state index in [0.717, 1.165) is 112 Å². The molecule has 2 fully saturated rings. The molecule has 0 aliphatic carbocycles. The van der Waals surface area contributed by atoms with Crippen LogP contribution in [0.5, 0.6) is 0 Å². The van der Waals surface area contributed by atoms with Gasteiger partial charge in [-0.25, -0.2) is 28.7 Å². The number of fused-ring (bicyclic) bond motifs is 6. The van der Waals surface area contributed by atoms with E-state index in [2.05, 4.69) is 104 Å². The number of carbonyl (C=O) groups is 2. The topological polar surface area (TPSA) is 127 Å². The molecule has 6 heterocycles. The van der Waals surface area contributed by atoms with Gasteiger partial charge < -0.3 is 34.9 Å². The van der Waals surface area contributed by atoms with Crippen molar-refractivity contribution in [1.29, 1.82) is 0 Å². The summed E-state index contributed by atoms with van der Waals surface area (Å²) in [5.41, 5.74) is 6.10. The van der Waals surface area contributed by atoms with Crippen LogP contribution in [0.25, 0.3) is 22.1 Å². The molecule has 0 spiro atoms. The molecule has 63 heavy (non-hydrogen) atoms. The average molecular weight is 855 g/mol. The lowest BCUT2D eigenvalue weighted by molar-refractivity contribution is 0.206. The molecule has 0 bridgehead atoms. The second-order valence-corrected chi connectivity index (χ2v) is 17.2. The standard InChI is InChI=1S/2C24H30N6O.H2O/c2*1-26-18-20(12-13-28-14-16-29(17-15-28)19-8-4-3-5-9-19)27(2)23-25-21-10-6-7-11-22(21)30(23)24(26)31;/h2*3-11,20H,12-18H2,1-2H3;1H2. The number of aromatic nitrogens is 4. The van der Waals surface area contributed by atoms with Gasteiger partial charge in [0.05, 0.1) is 34.2 Å². The molecule has 10 rings (SSSR count). The summed E-state index contributed by atoms with van der Waals surface area (Å²) in [6, 6.07) is 37.5. The average Bonchev–Trinajstić information content (AvgIpc) is 3.87. The molecule has 2 atom stereocenters. The van der Waals surface area contributed by atoms with E-state index >= 15 is 0 Å². The van der Waals surface area contributed by atoms with Crippen LogP contribution in [0.2, 0.25) is 0 Å². The number of para-hydroxylation sites is 6. The zero-order valence-electron chi connectivity index (χ0n) is 37.1. The maximum absolute atomic E-state index is 13.1. The van der Waals surface area contributed by atoms with Crippen LogP contribution in [-0.2, 0) is 0 Å². The Hall–Kier alpha value is -6.16. The largest absolute Gasteiger partial charge is 0.412 e. The minimum absolute atomic E-state index is 0. The van der Waals surface area contributed by atoms with Crippen LogP contribution in [0, 0.1) is 0 Å². The Balaban J connectivity index is 0.000000170. The van der Waals surface area contributed by atoms with Crippen LogP contribution in [0.3, 0.4) is 0 Å². The van der Waals surface area contributed by atoms with Crippen molar-refractivity contribution in [1.82, 2.24) is 38.7 Å². The van der Waals surface area contributed by atoms with Crippen LogP contribution >= 0.6 is 0 Å². The molecule has 4 aliphatic heterocycles. The highest BCUT2D eigenvalue weighted by Crippen LogP contribution is 2.29. The molecule has 0 saturated carbocycles. The number of nitrogens with zero attached hydrogens (tertiary/aromatic N) is 12. The Labute approximate surface area is 370 Å². The summed E-state index contributed by atoms with van der Waals surface area (Å²) >= 11 is 0. The van der Waals surface area contributed by atoms with Crippen LogP contribution < -0.4 is 19.6 Å². The Morgan fingerprint density at radius 3 is 1.21 bits per heavy atom. The minimum Gasteiger partial charge on any atom is -0.412 e.